The first-order valence-corrected chi connectivity index (χ1v) is 14.6. The predicted octanol–water partition coefficient (Wildman–Crippen LogP) is 8.05. The molecule has 0 radical (unpaired) electrons. The second kappa shape index (κ2) is 12.2. The van der Waals surface area contributed by atoms with Gasteiger partial charge in [-0.15, -0.1) is 0 Å². The molecule has 5 aromatic rings. The van der Waals surface area contributed by atoms with E-state index in [1.54, 1.807) is 24.3 Å². The number of hydrogen-bond acceptors (Lipinski definition) is 4. The molecule has 2 heterocycles. The number of piperidine rings is 1. The van der Waals surface area contributed by atoms with Crippen LogP contribution in [0.2, 0.25) is 0 Å². The number of benzene rings is 4. The molecule has 44 heavy (non-hydrogen) atoms. The normalized spacial score (nSPS) is 16.6. The highest BCUT2D eigenvalue weighted by molar-refractivity contribution is 6.04. The summed E-state index contributed by atoms with van der Waals surface area (Å²) in [6, 6.07) is 29.4. The van der Waals surface area contributed by atoms with Crippen molar-refractivity contribution in [3.8, 4) is 22.6 Å². The van der Waals surface area contributed by atoms with Crippen molar-refractivity contribution in [2.75, 3.05) is 13.7 Å². The van der Waals surface area contributed by atoms with E-state index < -0.39 is 12.1 Å². The molecular formula is C36H33FN2O5. The number of likely N-dealkylation sites (tertiary alicyclic amines) is 1. The highest BCUT2D eigenvalue weighted by atomic mass is 19.1. The minimum absolute atomic E-state index is 0.0182. The fourth-order valence-electron chi connectivity index (χ4n) is 6.33. The maximum Gasteiger partial charge on any atom is 0.407 e. The summed E-state index contributed by atoms with van der Waals surface area (Å²) in [5.74, 6) is -0.0836. The number of hydrogen-bond donors (Lipinski definition) is 1. The van der Waals surface area contributed by atoms with Crippen LogP contribution in [-0.2, 0) is 11.3 Å². The highest BCUT2D eigenvalue weighted by Crippen LogP contribution is 2.47. The molecule has 0 bridgehead atoms. The van der Waals surface area contributed by atoms with Gasteiger partial charge in [-0.2, -0.15) is 0 Å². The lowest BCUT2D eigenvalue weighted by molar-refractivity contribution is 0.0600. The van der Waals surface area contributed by atoms with E-state index in [-0.39, 0.29) is 17.8 Å². The monoisotopic (exact) mass is 592 g/mol. The molecule has 6 rings (SSSR count). The van der Waals surface area contributed by atoms with Crippen LogP contribution in [0.4, 0.5) is 9.18 Å². The van der Waals surface area contributed by atoms with Gasteiger partial charge in [0.15, 0.2) is 0 Å². The number of rotatable bonds is 7. The van der Waals surface area contributed by atoms with Crippen molar-refractivity contribution in [3.05, 3.63) is 120 Å². The van der Waals surface area contributed by atoms with Gasteiger partial charge in [0.2, 0.25) is 0 Å². The first-order valence-electron chi connectivity index (χ1n) is 14.6. The smallest absolute Gasteiger partial charge is 0.407 e. The van der Waals surface area contributed by atoms with Crippen molar-refractivity contribution in [1.82, 2.24) is 9.47 Å². The first kappa shape index (κ1) is 29.0. The van der Waals surface area contributed by atoms with E-state index in [9.17, 15) is 19.1 Å². The third kappa shape index (κ3) is 5.51. The molecule has 1 fully saturated rings. The standard InChI is InChI=1S/C36H33FN2O5/c1-23-21-27(19-20-38(23)36(41)42)34-32(25-11-13-26(14-12-25)35(40)43-2)33-30(39(34)29-17-15-28(37)16-18-29)9-6-10-31(33)44-22-24-7-4-3-5-8-24/h3-18,23,27H,19-22H2,1-2H3,(H,41,42). The third-order valence-electron chi connectivity index (χ3n) is 8.42. The maximum atomic E-state index is 14.1. The second-order valence-electron chi connectivity index (χ2n) is 11.1. The average Bonchev–Trinajstić information content (AvgIpc) is 3.40. The molecule has 1 N–H and O–H groups in total. The Morgan fingerprint density at radius 2 is 1.66 bits per heavy atom. The number of esters is 1. The molecule has 2 unspecified atom stereocenters. The van der Waals surface area contributed by atoms with E-state index in [0.717, 1.165) is 39.0 Å². The molecule has 8 heteroatoms. The highest BCUT2D eigenvalue weighted by Gasteiger charge is 2.35. The van der Waals surface area contributed by atoms with E-state index in [1.165, 1.54) is 24.1 Å². The molecule has 1 aliphatic heterocycles. The zero-order valence-electron chi connectivity index (χ0n) is 24.6. The fraction of sp³-hybridized carbons (Fsp3) is 0.222. The maximum absolute atomic E-state index is 14.1. The number of halogens is 1. The van der Waals surface area contributed by atoms with Gasteiger partial charge in [-0.05, 0) is 79.4 Å². The van der Waals surface area contributed by atoms with Gasteiger partial charge in [0.25, 0.3) is 0 Å². The van der Waals surface area contributed by atoms with Gasteiger partial charge in [-0.3, -0.25) is 0 Å². The van der Waals surface area contributed by atoms with Crippen LogP contribution in [0.5, 0.6) is 5.75 Å². The van der Waals surface area contributed by atoms with Crippen LogP contribution in [0.25, 0.3) is 27.7 Å². The summed E-state index contributed by atoms with van der Waals surface area (Å²) >= 11 is 0. The van der Waals surface area contributed by atoms with E-state index in [1.807, 2.05) is 67.6 Å². The Kier molecular flexibility index (Phi) is 8.07. The Morgan fingerprint density at radius 3 is 2.32 bits per heavy atom. The van der Waals surface area contributed by atoms with Crippen LogP contribution in [-0.4, -0.2) is 46.3 Å². The van der Waals surface area contributed by atoms with Crippen LogP contribution in [0, 0.1) is 5.82 Å². The molecule has 0 saturated carbocycles. The van der Waals surface area contributed by atoms with Gasteiger partial charge in [-0.1, -0.05) is 48.5 Å². The molecule has 1 aromatic heterocycles. The summed E-state index contributed by atoms with van der Waals surface area (Å²) in [6.45, 7) is 2.69. The van der Waals surface area contributed by atoms with E-state index in [4.69, 9.17) is 9.47 Å². The predicted molar refractivity (Wildman–Crippen MR) is 167 cm³/mol. The summed E-state index contributed by atoms with van der Waals surface area (Å²) in [5.41, 5.74) is 5.94. The lowest BCUT2D eigenvalue weighted by Crippen LogP contribution is -2.43. The molecule has 1 saturated heterocycles. The summed E-state index contributed by atoms with van der Waals surface area (Å²) in [5, 5.41) is 10.7. The van der Waals surface area contributed by atoms with Gasteiger partial charge in [0.1, 0.15) is 18.2 Å². The van der Waals surface area contributed by atoms with Crippen molar-refractivity contribution < 1.29 is 28.6 Å². The van der Waals surface area contributed by atoms with Crippen LogP contribution >= 0.6 is 0 Å². The van der Waals surface area contributed by atoms with Crippen molar-refractivity contribution in [2.45, 2.75) is 38.3 Å². The van der Waals surface area contributed by atoms with E-state index in [0.29, 0.717) is 37.3 Å². The van der Waals surface area contributed by atoms with Crippen molar-refractivity contribution in [2.24, 2.45) is 0 Å². The quantitative estimate of drug-likeness (QED) is 0.194. The number of aromatic nitrogens is 1. The number of carbonyl (C=O) groups excluding carboxylic acids is 1. The number of fused-ring (bicyclic) bond motifs is 1. The molecule has 0 spiro atoms. The largest absolute Gasteiger partial charge is 0.488 e. The first-order chi connectivity index (χ1) is 21.4. The Morgan fingerprint density at radius 1 is 0.932 bits per heavy atom. The van der Waals surface area contributed by atoms with Gasteiger partial charge < -0.3 is 24.0 Å². The van der Waals surface area contributed by atoms with Crippen LogP contribution in [0.3, 0.4) is 0 Å². The Hall–Kier alpha value is -5.11. The molecule has 224 valence electrons. The van der Waals surface area contributed by atoms with Gasteiger partial charge in [-0.25, -0.2) is 14.0 Å². The minimum Gasteiger partial charge on any atom is -0.488 e. The molecule has 7 nitrogen and oxygen atoms in total. The van der Waals surface area contributed by atoms with Crippen molar-refractivity contribution >= 4 is 23.0 Å². The number of ether oxygens (including phenoxy) is 2. The van der Waals surface area contributed by atoms with Crippen LogP contribution in [0.15, 0.2) is 97.1 Å². The number of carboxylic acid groups (broad SMARTS) is 1. The number of nitrogens with zero attached hydrogens (tertiary/aromatic N) is 2. The Bertz CT molecular complexity index is 1800. The number of amides is 1. The van der Waals surface area contributed by atoms with Crippen LogP contribution in [0.1, 0.15) is 47.3 Å². The van der Waals surface area contributed by atoms with Crippen molar-refractivity contribution in [3.63, 3.8) is 0 Å². The molecule has 2 atom stereocenters. The lowest BCUT2D eigenvalue weighted by Gasteiger charge is -2.36. The molecular weight excluding hydrogens is 559 g/mol. The fourth-order valence-corrected chi connectivity index (χ4v) is 6.33. The number of carbonyl (C=O) groups is 2. The minimum atomic E-state index is -0.926. The van der Waals surface area contributed by atoms with E-state index in [2.05, 4.69) is 4.57 Å². The lowest BCUT2D eigenvalue weighted by atomic mass is 9.85. The van der Waals surface area contributed by atoms with E-state index >= 15 is 0 Å². The third-order valence-corrected chi connectivity index (χ3v) is 8.42. The van der Waals surface area contributed by atoms with Gasteiger partial charge in [0, 0.05) is 35.4 Å². The molecule has 4 aromatic carbocycles. The zero-order chi connectivity index (χ0) is 30.8. The van der Waals surface area contributed by atoms with Gasteiger partial charge >= 0.3 is 12.1 Å². The van der Waals surface area contributed by atoms with Crippen molar-refractivity contribution in [1.29, 1.82) is 0 Å². The molecule has 1 amide bonds. The molecule has 0 aliphatic carbocycles. The summed E-state index contributed by atoms with van der Waals surface area (Å²) in [6.07, 6.45) is 0.295. The summed E-state index contributed by atoms with van der Waals surface area (Å²) in [7, 11) is 1.35. The second-order valence-corrected chi connectivity index (χ2v) is 11.1. The topological polar surface area (TPSA) is 81.0 Å². The van der Waals surface area contributed by atoms with Crippen LogP contribution < -0.4 is 4.74 Å². The summed E-state index contributed by atoms with van der Waals surface area (Å²) < 4.78 is 27.7. The Balaban J connectivity index is 1.60. The Labute approximate surface area is 255 Å². The zero-order valence-corrected chi connectivity index (χ0v) is 24.6. The summed E-state index contributed by atoms with van der Waals surface area (Å²) in [4.78, 5) is 25.7. The van der Waals surface area contributed by atoms with Gasteiger partial charge in [0.05, 0.1) is 23.6 Å². The number of methoxy groups -OCH3 is 1. The molecule has 1 aliphatic rings. The average molecular weight is 593 g/mol. The SMILES string of the molecule is COC(=O)c1ccc(-c2c(C3CCN(C(=O)O)C(C)C3)n(-c3ccc(F)cc3)c3cccc(OCc4ccccc4)c23)cc1.